The van der Waals surface area contributed by atoms with Gasteiger partial charge in [-0.05, 0) is 58.8 Å². The third-order valence-electron chi connectivity index (χ3n) is 7.14. The first-order valence-electron chi connectivity index (χ1n) is 13.6. The lowest BCUT2D eigenvalue weighted by atomic mass is 10.0. The molecule has 4 rings (SSSR count). The van der Waals surface area contributed by atoms with Gasteiger partial charge in [0.2, 0.25) is 0 Å². The number of nitro benzene ring substituents is 1. The Morgan fingerprint density at radius 1 is 1.13 bits per heavy atom. The van der Waals surface area contributed by atoms with Crippen LogP contribution in [0.4, 0.5) is 29.5 Å². The molecule has 1 aliphatic heterocycles. The fourth-order valence-electron chi connectivity index (χ4n) is 5.00. The molecule has 0 radical (unpaired) electrons. The number of aliphatic hydroxyl groups is 1. The third-order valence-corrected chi connectivity index (χ3v) is 8.71. The topological polar surface area (TPSA) is 168 Å². The van der Waals surface area contributed by atoms with Crippen molar-refractivity contribution in [3.63, 3.8) is 0 Å². The van der Waals surface area contributed by atoms with Gasteiger partial charge in [-0.25, -0.2) is 4.79 Å². The number of aromatic nitrogens is 2. The molecule has 18 heteroatoms. The van der Waals surface area contributed by atoms with Gasteiger partial charge in [0.1, 0.15) is 11.1 Å². The van der Waals surface area contributed by atoms with Crippen LogP contribution in [0.15, 0.2) is 64.8 Å². The fourth-order valence-corrected chi connectivity index (χ4v) is 6.25. The number of carbonyl (C=O) groups is 1. The Bertz CT molecular complexity index is 1630. The van der Waals surface area contributed by atoms with E-state index in [-0.39, 0.29) is 53.5 Å². The zero-order chi connectivity index (χ0) is 33.8. The van der Waals surface area contributed by atoms with Crippen LogP contribution in [-0.4, -0.2) is 83.3 Å². The molecule has 0 aliphatic carbocycles. The minimum Gasteiger partial charge on any atom is -0.465 e. The molecule has 13 nitrogen and oxygen atoms in total. The lowest BCUT2D eigenvalue weighted by Gasteiger charge is -2.43. The number of hydrogen-bond acceptors (Lipinski definition) is 9. The van der Waals surface area contributed by atoms with E-state index < -0.39 is 45.1 Å². The van der Waals surface area contributed by atoms with Gasteiger partial charge in [0.25, 0.3) is 10.8 Å². The molecule has 1 saturated heterocycles. The maximum atomic E-state index is 12.9. The first-order valence-corrected chi connectivity index (χ1v) is 14.8. The Morgan fingerprint density at radius 2 is 1.83 bits per heavy atom. The highest BCUT2D eigenvalue weighted by Gasteiger charge is 2.36. The second kappa shape index (κ2) is 14.1. The Hall–Kier alpha value is -4.19. The standard InChI is InChI=1S/C28H28ClF3N6O7S/c1-27(41,17-36-15-23(38(44)45)33-25(36)46-24-21(29)6-3-7-22(24)37(42)43)16-35-13-12-34(26(39)40)14-20(35)5-2-4-18-8-10-19(11-9-18)28(30,31)32/h2-4,6-11,15,20,41H,5,12-14,16-17H2,1H3,(H,39,40)/t20?,27-/m0/s1. The lowest BCUT2D eigenvalue weighted by molar-refractivity contribution is -0.389. The van der Waals surface area contributed by atoms with Crippen LogP contribution >= 0.6 is 23.4 Å². The summed E-state index contributed by atoms with van der Waals surface area (Å²) in [5, 5.41) is 44.2. The number of halogens is 4. The average Bonchev–Trinajstić information content (AvgIpc) is 3.36. The summed E-state index contributed by atoms with van der Waals surface area (Å²) in [6, 6.07) is 8.21. The van der Waals surface area contributed by atoms with Crippen LogP contribution in [0.25, 0.3) is 6.08 Å². The smallest absolute Gasteiger partial charge is 0.416 e. The van der Waals surface area contributed by atoms with Crippen molar-refractivity contribution in [2.75, 3.05) is 26.2 Å². The fraction of sp³-hybridized carbons (Fsp3) is 0.357. The first kappa shape index (κ1) is 34.7. The molecule has 1 fully saturated rings. The van der Waals surface area contributed by atoms with Crippen molar-refractivity contribution in [1.82, 2.24) is 19.4 Å². The number of alkyl halides is 3. The lowest BCUT2D eigenvalue weighted by Crippen LogP contribution is -2.58. The average molecular weight is 685 g/mol. The zero-order valence-electron chi connectivity index (χ0n) is 24.1. The van der Waals surface area contributed by atoms with E-state index >= 15 is 0 Å². The molecule has 1 amide bonds. The number of benzene rings is 2. The van der Waals surface area contributed by atoms with E-state index in [1.54, 1.807) is 12.2 Å². The Morgan fingerprint density at radius 3 is 2.43 bits per heavy atom. The van der Waals surface area contributed by atoms with Crippen molar-refractivity contribution in [1.29, 1.82) is 0 Å². The van der Waals surface area contributed by atoms with Crippen molar-refractivity contribution >= 4 is 47.0 Å². The first-order chi connectivity index (χ1) is 21.5. The molecule has 2 N–H and O–H groups in total. The van der Waals surface area contributed by atoms with Gasteiger partial charge in [-0.15, -0.1) is 0 Å². The molecule has 46 heavy (non-hydrogen) atoms. The van der Waals surface area contributed by atoms with Crippen LogP contribution in [0.5, 0.6) is 0 Å². The maximum absolute atomic E-state index is 12.9. The highest BCUT2D eigenvalue weighted by Crippen LogP contribution is 2.40. The van der Waals surface area contributed by atoms with Gasteiger partial charge in [-0.2, -0.15) is 13.2 Å². The number of piperazine rings is 1. The summed E-state index contributed by atoms with van der Waals surface area (Å²) in [6.45, 7) is 1.76. The summed E-state index contributed by atoms with van der Waals surface area (Å²) < 4.78 is 40.0. The number of imidazole rings is 1. The summed E-state index contributed by atoms with van der Waals surface area (Å²) in [6.07, 6.45) is -0.844. The second-order valence-electron chi connectivity index (χ2n) is 10.8. The maximum Gasteiger partial charge on any atom is 0.416 e. The van der Waals surface area contributed by atoms with E-state index in [1.807, 2.05) is 4.90 Å². The van der Waals surface area contributed by atoms with Crippen LogP contribution in [0.3, 0.4) is 0 Å². The van der Waals surface area contributed by atoms with Crippen molar-refractivity contribution < 1.29 is 38.0 Å². The third kappa shape index (κ3) is 8.74. The number of rotatable bonds is 11. The quantitative estimate of drug-likeness (QED) is 0.179. The van der Waals surface area contributed by atoms with Crippen molar-refractivity contribution in [3.05, 3.63) is 91.1 Å². The number of carboxylic acid groups (broad SMARTS) is 1. The highest BCUT2D eigenvalue weighted by atomic mass is 35.5. The van der Waals surface area contributed by atoms with Gasteiger partial charge < -0.3 is 25.2 Å². The number of hydrogen-bond donors (Lipinski definition) is 2. The van der Waals surface area contributed by atoms with Crippen molar-refractivity contribution in [3.8, 4) is 0 Å². The van der Waals surface area contributed by atoms with Crippen molar-refractivity contribution in [2.24, 2.45) is 0 Å². The molecular weight excluding hydrogens is 657 g/mol. The molecule has 1 aliphatic rings. The molecule has 0 saturated carbocycles. The Balaban J connectivity index is 1.53. The molecule has 2 atom stereocenters. The van der Waals surface area contributed by atoms with Gasteiger partial charge in [0.15, 0.2) is 0 Å². The summed E-state index contributed by atoms with van der Waals surface area (Å²) in [5.74, 6) is -0.547. The molecule has 0 spiro atoms. The predicted octanol–water partition coefficient (Wildman–Crippen LogP) is 6.04. The van der Waals surface area contributed by atoms with Crippen molar-refractivity contribution in [2.45, 2.75) is 47.8 Å². The largest absolute Gasteiger partial charge is 0.465 e. The highest BCUT2D eigenvalue weighted by molar-refractivity contribution is 7.99. The van der Waals surface area contributed by atoms with E-state index in [4.69, 9.17) is 11.6 Å². The van der Waals surface area contributed by atoms with Gasteiger partial charge in [0, 0.05) is 38.3 Å². The monoisotopic (exact) mass is 684 g/mol. The normalized spacial score (nSPS) is 17.3. The van der Waals surface area contributed by atoms with Gasteiger partial charge in [-0.3, -0.25) is 19.6 Å². The number of β-amino-alcohol motifs (C(OH)–C–C–N with tert-alkyl or cyclic N) is 1. The minimum absolute atomic E-state index is 0.00156. The molecule has 246 valence electrons. The molecule has 1 unspecified atom stereocenters. The van der Waals surface area contributed by atoms with Gasteiger partial charge in [-0.1, -0.05) is 42.0 Å². The van der Waals surface area contributed by atoms with Gasteiger partial charge >= 0.3 is 18.1 Å². The molecule has 2 heterocycles. The summed E-state index contributed by atoms with van der Waals surface area (Å²) >= 11 is 6.96. The summed E-state index contributed by atoms with van der Waals surface area (Å²) in [4.78, 5) is 40.5. The Kier molecular flexibility index (Phi) is 10.6. The van der Waals surface area contributed by atoms with Gasteiger partial charge in [0.05, 0.1) is 27.7 Å². The number of amides is 1. The zero-order valence-corrected chi connectivity index (χ0v) is 25.7. The molecular formula is C28H28ClF3N6O7S. The summed E-state index contributed by atoms with van der Waals surface area (Å²) in [5.41, 5.74) is -2.15. The number of nitrogens with zero attached hydrogens (tertiary/aromatic N) is 6. The van der Waals surface area contributed by atoms with Crippen LogP contribution < -0.4 is 0 Å². The molecule has 0 bridgehead atoms. The second-order valence-corrected chi connectivity index (χ2v) is 12.2. The van der Waals surface area contributed by atoms with E-state index in [9.17, 15) is 48.4 Å². The van der Waals surface area contributed by atoms with Crippen LogP contribution in [-0.2, 0) is 12.7 Å². The number of nitro groups is 2. The van der Waals surface area contributed by atoms with E-state index in [0.717, 1.165) is 30.1 Å². The Labute approximate surface area is 269 Å². The summed E-state index contributed by atoms with van der Waals surface area (Å²) in [7, 11) is 0. The van der Waals surface area contributed by atoms with E-state index in [2.05, 4.69) is 4.98 Å². The molecule has 3 aromatic rings. The van der Waals surface area contributed by atoms with Crippen LogP contribution in [0, 0.1) is 20.2 Å². The minimum atomic E-state index is -4.46. The molecule has 2 aromatic carbocycles. The van der Waals surface area contributed by atoms with E-state index in [0.29, 0.717) is 12.0 Å². The SMILES string of the molecule is C[C@](O)(CN1CCN(C(=O)O)CC1CC=Cc1ccc(C(F)(F)F)cc1)Cn1cc([N+](=O)[O-])nc1Sc1c(Cl)cccc1[N+](=O)[O-]. The molecule has 1 aromatic heterocycles. The van der Waals surface area contributed by atoms with Crippen LogP contribution in [0.2, 0.25) is 5.02 Å². The van der Waals surface area contributed by atoms with Crippen LogP contribution in [0.1, 0.15) is 24.5 Å². The van der Waals surface area contributed by atoms with E-state index in [1.165, 1.54) is 46.7 Å². The predicted molar refractivity (Wildman–Crippen MR) is 162 cm³/mol.